The van der Waals surface area contributed by atoms with Gasteiger partial charge in [-0.3, -0.25) is 4.43 Å². The molecule has 1 saturated heterocycles. The van der Waals surface area contributed by atoms with Gasteiger partial charge in [0.05, 0.1) is 12.7 Å². The number of hydrogen-bond acceptors (Lipinski definition) is 8. The van der Waals surface area contributed by atoms with Crippen LogP contribution in [0.5, 0.6) is 0 Å². The summed E-state index contributed by atoms with van der Waals surface area (Å²) in [4.78, 5) is 0. The zero-order chi connectivity index (χ0) is 18.6. The molecule has 9 heteroatoms. The standard InChI is InChI=1S/C16H35NO7Si/c1-18-16(19-2,20-3)24-25(21-4,13-9-11-17)23-12-8-6-5-7-10-15-14-22-15/h15H,5-14,17H2,1-4H3. The van der Waals surface area contributed by atoms with Gasteiger partial charge in [0.15, 0.2) is 0 Å². The summed E-state index contributed by atoms with van der Waals surface area (Å²) >= 11 is 0. The SMILES string of the molecule is COC(OC)(OC)O[Si](CCCN)(OC)OCCCCCCC1CO1. The molecule has 0 bridgehead atoms. The summed E-state index contributed by atoms with van der Waals surface area (Å²) < 4.78 is 38.5. The Morgan fingerprint density at radius 3 is 2.16 bits per heavy atom. The molecular weight excluding hydrogens is 346 g/mol. The van der Waals surface area contributed by atoms with Crippen LogP contribution < -0.4 is 5.73 Å². The maximum atomic E-state index is 6.06. The summed E-state index contributed by atoms with van der Waals surface area (Å²) in [5.41, 5.74) is 5.64. The van der Waals surface area contributed by atoms with Gasteiger partial charge in [0, 0.05) is 41.1 Å². The van der Waals surface area contributed by atoms with Crippen LogP contribution in [0.15, 0.2) is 0 Å². The van der Waals surface area contributed by atoms with Crippen LogP contribution >= 0.6 is 0 Å². The van der Waals surface area contributed by atoms with Gasteiger partial charge in [0.2, 0.25) is 0 Å². The molecule has 1 heterocycles. The molecule has 2 unspecified atom stereocenters. The van der Waals surface area contributed by atoms with Crippen molar-refractivity contribution in [1.29, 1.82) is 0 Å². The Morgan fingerprint density at radius 1 is 1.00 bits per heavy atom. The van der Waals surface area contributed by atoms with Crippen LogP contribution in [0.3, 0.4) is 0 Å². The minimum absolute atomic E-state index is 0.514. The first kappa shape index (κ1) is 22.9. The van der Waals surface area contributed by atoms with E-state index < -0.39 is 15.0 Å². The average molecular weight is 382 g/mol. The molecule has 150 valence electrons. The van der Waals surface area contributed by atoms with E-state index in [0.717, 1.165) is 25.9 Å². The van der Waals surface area contributed by atoms with Crippen molar-refractivity contribution in [3.05, 3.63) is 0 Å². The van der Waals surface area contributed by atoms with E-state index in [9.17, 15) is 0 Å². The summed E-state index contributed by atoms with van der Waals surface area (Å²) in [6.45, 7) is 2.01. The minimum atomic E-state index is -3.04. The van der Waals surface area contributed by atoms with Crippen LogP contribution in [0.2, 0.25) is 6.04 Å². The third kappa shape index (κ3) is 8.42. The van der Waals surface area contributed by atoms with Gasteiger partial charge < -0.3 is 33.5 Å². The van der Waals surface area contributed by atoms with Crippen LogP contribution in [0, 0.1) is 0 Å². The number of rotatable bonds is 17. The molecule has 0 aliphatic carbocycles. The van der Waals surface area contributed by atoms with Gasteiger partial charge in [0.25, 0.3) is 0 Å². The normalized spacial score (nSPS) is 19.8. The van der Waals surface area contributed by atoms with Gasteiger partial charge >= 0.3 is 15.0 Å². The summed E-state index contributed by atoms with van der Waals surface area (Å²) in [5.74, 6) is 0. The lowest BCUT2D eigenvalue weighted by Crippen LogP contribution is -2.55. The highest BCUT2D eigenvalue weighted by atomic mass is 28.4. The summed E-state index contributed by atoms with van der Waals surface area (Å²) in [6.07, 6.45) is 5.16. The van der Waals surface area contributed by atoms with Gasteiger partial charge in [-0.15, -0.1) is 0 Å². The molecule has 1 aliphatic heterocycles. The number of epoxide rings is 1. The third-order valence-electron chi connectivity index (χ3n) is 4.17. The van der Waals surface area contributed by atoms with E-state index in [4.69, 9.17) is 38.0 Å². The Labute approximate surface area is 152 Å². The number of hydrogen-bond donors (Lipinski definition) is 1. The fourth-order valence-corrected chi connectivity index (χ4v) is 4.96. The van der Waals surface area contributed by atoms with Gasteiger partial charge in [-0.2, -0.15) is 0 Å². The second kappa shape index (κ2) is 12.3. The molecule has 1 aliphatic rings. The van der Waals surface area contributed by atoms with Crippen molar-refractivity contribution in [1.82, 2.24) is 0 Å². The summed E-state index contributed by atoms with van der Waals surface area (Å²) in [7, 11) is 2.85. The molecule has 0 aromatic carbocycles. The zero-order valence-corrected chi connectivity index (χ0v) is 17.1. The molecular formula is C16H35NO7Si. The predicted octanol–water partition coefficient (Wildman–Crippen LogP) is 1.85. The first-order chi connectivity index (χ1) is 12.1. The Balaban J connectivity index is 2.45. The number of nitrogens with two attached hydrogens (primary N) is 1. The van der Waals surface area contributed by atoms with Crippen molar-refractivity contribution in [3.8, 4) is 0 Å². The van der Waals surface area contributed by atoms with Crippen molar-refractivity contribution in [2.24, 2.45) is 5.73 Å². The molecule has 0 radical (unpaired) electrons. The molecule has 2 atom stereocenters. The van der Waals surface area contributed by atoms with E-state index in [1.165, 1.54) is 34.2 Å². The van der Waals surface area contributed by atoms with E-state index >= 15 is 0 Å². The number of unbranched alkanes of at least 4 members (excludes halogenated alkanes) is 3. The first-order valence-electron chi connectivity index (χ1n) is 8.95. The van der Waals surface area contributed by atoms with Crippen molar-refractivity contribution >= 4 is 8.80 Å². The van der Waals surface area contributed by atoms with E-state index in [0.29, 0.717) is 31.7 Å². The van der Waals surface area contributed by atoms with E-state index in [2.05, 4.69) is 0 Å². The molecule has 0 spiro atoms. The predicted molar refractivity (Wildman–Crippen MR) is 94.9 cm³/mol. The lowest BCUT2D eigenvalue weighted by Gasteiger charge is -2.36. The summed E-state index contributed by atoms with van der Waals surface area (Å²) in [6, 6.07) is 0.566. The van der Waals surface area contributed by atoms with Gasteiger partial charge in [0.1, 0.15) is 0 Å². The number of ether oxygens (including phenoxy) is 4. The topological polar surface area (TPSA) is 93.9 Å². The lowest BCUT2D eigenvalue weighted by molar-refractivity contribution is -0.460. The second-order valence-corrected chi connectivity index (χ2v) is 8.77. The van der Waals surface area contributed by atoms with Crippen LogP contribution in [-0.2, 0) is 32.2 Å². The zero-order valence-electron chi connectivity index (χ0n) is 16.1. The molecule has 0 saturated carbocycles. The smallest absolute Gasteiger partial charge is 0.377 e. The highest BCUT2D eigenvalue weighted by Gasteiger charge is 2.49. The quantitative estimate of drug-likeness (QED) is 0.177. The molecule has 1 rings (SSSR count). The maximum Gasteiger partial charge on any atom is 0.506 e. The molecule has 0 amide bonds. The van der Waals surface area contributed by atoms with Gasteiger partial charge in [-0.25, -0.2) is 0 Å². The van der Waals surface area contributed by atoms with Crippen molar-refractivity contribution in [2.45, 2.75) is 56.8 Å². The molecule has 0 aromatic heterocycles. The number of methoxy groups -OCH3 is 3. The maximum absolute atomic E-state index is 6.06. The Hall–Kier alpha value is -0.103. The van der Waals surface area contributed by atoms with Crippen molar-refractivity contribution in [3.63, 3.8) is 0 Å². The summed E-state index contributed by atoms with van der Waals surface area (Å²) in [5, 5.41) is 0. The highest BCUT2D eigenvalue weighted by molar-refractivity contribution is 6.60. The van der Waals surface area contributed by atoms with E-state index in [1.807, 2.05) is 0 Å². The fourth-order valence-electron chi connectivity index (χ4n) is 2.53. The highest BCUT2D eigenvalue weighted by Crippen LogP contribution is 2.27. The largest absolute Gasteiger partial charge is 0.506 e. The monoisotopic (exact) mass is 381 g/mol. The van der Waals surface area contributed by atoms with Crippen LogP contribution in [0.4, 0.5) is 0 Å². The molecule has 1 fully saturated rings. The van der Waals surface area contributed by atoms with E-state index in [1.54, 1.807) is 7.11 Å². The molecule has 2 N–H and O–H groups in total. The van der Waals surface area contributed by atoms with Crippen molar-refractivity contribution in [2.75, 3.05) is 48.2 Å². The van der Waals surface area contributed by atoms with Crippen LogP contribution in [0.1, 0.15) is 38.5 Å². The van der Waals surface area contributed by atoms with Gasteiger partial charge in [-0.05, 0) is 25.8 Å². The fraction of sp³-hybridized carbons (Fsp3) is 1.00. The molecule has 8 nitrogen and oxygen atoms in total. The lowest BCUT2D eigenvalue weighted by atomic mass is 10.1. The first-order valence-corrected chi connectivity index (χ1v) is 10.9. The Kier molecular flexibility index (Phi) is 11.3. The van der Waals surface area contributed by atoms with Crippen molar-refractivity contribution < 1.29 is 32.2 Å². The average Bonchev–Trinajstić information content (AvgIpc) is 3.47. The Bertz CT molecular complexity index is 334. The Morgan fingerprint density at radius 2 is 1.64 bits per heavy atom. The third-order valence-corrected chi connectivity index (χ3v) is 6.97. The van der Waals surface area contributed by atoms with Gasteiger partial charge in [-0.1, -0.05) is 19.3 Å². The van der Waals surface area contributed by atoms with E-state index in [-0.39, 0.29) is 0 Å². The molecule has 25 heavy (non-hydrogen) atoms. The van der Waals surface area contributed by atoms with Crippen LogP contribution in [0.25, 0.3) is 0 Å². The second-order valence-electron chi connectivity index (χ2n) is 6.00. The van der Waals surface area contributed by atoms with Crippen LogP contribution in [-0.4, -0.2) is 69.3 Å². The molecule has 0 aromatic rings. The minimum Gasteiger partial charge on any atom is -0.377 e.